The van der Waals surface area contributed by atoms with Crippen LogP contribution in [0.3, 0.4) is 0 Å². The fraction of sp³-hybridized carbons (Fsp3) is 1.00. The Labute approximate surface area is 115 Å². The maximum absolute atomic E-state index is 3.53. The lowest BCUT2D eigenvalue weighted by molar-refractivity contribution is 0.253. The zero-order chi connectivity index (χ0) is 13.2. The fourth-order valence-corrected chi connectivity index (χ4v) is 2.41. The lowest BCUT2D eigenvalue weighted by Crippen LogP contribution is -2.28. The highest BCUT2D eigenvalue weighted by molar-refractivity contribution is 4.84. The zero-order valence-corrected chi connectivity index (χ0v) is 12.9. The number of nitrogens with one attached hydrogen (secondary N) is 1. The summed E-state index contributed by atoms with van der Waals surface area (Å²) >= 11 is 0. The maximum Gasteiger partial charge on any atom is 0.00964 e. The van der Waals surface area contributed by atoms with E-state index in [9.17, 15) is 0 Å². The minimum atomic E-state index is 0.782. The summed E-state index contributed by atoms with van der Waals surface area (Å²) in [5, 5.41) is 3.53. The molecule has 18 heavy (non-hydrogen) atoms. The first-order chi connectivity index (χ1) is 8.74. The molecule has 0 aromatic rings. The summed E-state index contributed by atoms with van der Waals surface area (Å²) in [4.78, 5) is 2.74. The summed E-state index contributed by atoms with van der Waals surface area (Å²) in [5.41, 5.74) is 0. The SMILES string of the molecule is CCCCN(CCCCCNCC(C)C)C1CC1. The molecule has 1 fully saturated rings. The van der Waals surface area contributed by atoms with Crippen LogP contribution in [0.5, 0.6) is 0 Å². The van der Waals surface area contributed by atoms with Crippen LogP contribution in [0.1, 0.15) is 65.7 Å². The summed E-state index contributed by atoms with van der Waals surface area (Å²) in [6.45, 7) is 11.9. The van der Waals surface area contributed by atoms with Crippen LogP contribution >= 0.6 is 0 Å². The molecule has 108 valence electrons. The van der Waals surface area contributed by atoms with Crippen LogP contribution in [0.15, 0.2) is 0 Å². The highest BCUT2D eigenvalue weighted by Gasteiger charge is 2.27. The van der Waals surface area contributed by atoms with E-state index in [1.165, 1.54) is 71.1 Å². The Hall–Kier alpha value is -0.0800. The first-order valence-corrected chi connectivity index (χ1v) is 8.18. The average Bonchev–Trinajstić information content (AvgIpc) is 3.15. The van der Waals surface area contributed by atoms with Gasteiger partial charge in [-0.15, -0.1) is 0 Å². The van der Waals surface area contributed by atoms with Crippen molar-refractivity contribution in [3.8, 4) is 0 Å². The predicted molar refractivity (Wildman–Crippen MR) is 81.1 cm³/mol. The van der Waals surface area contributed by atoms with Gasteiger partial charge in [-0.1, -0.05) is 33.6 Å². The molecule has 0 aliphatic heterocycles. The van der Waals surface area contributed by atoms with Crippen molar-refractivity contribution < 1.29 is 0 Å². The topological polar surface area (TPSA) is 15.3 Å². The van der Waals surface area contributed by atoms with Gasteiger partial charge in [-0.25, -0.2) is 0 Å². The molecule has 0 unspecified atom stereocenters. The van der Waals surface area contributed by atoms with E-state index in [0.29, 0.717) is 0 Å². The van der Waals surface area contributed by atoms with Gasteiger partial charge in [0.25, 0.3) is 0 Å². The minimum absolute atomic E-state index is 0.782. The van der Waals surface area contributed by atoms with Crippen molar-refractivity contribution in [2.45, 2.75) is 71.8 Å². The van der Waals surface area contributed by atoms with E-state index in [-0.39, 0.29) is 0 Å². The Bertz CT molecular complexity index is 188. The van der Waals surface area contributed by atoms with Crippen molar-refractivity contribution in [1.29, 1.82) is 0 Å². The van der Waals surface area contributed by atoms with Gasteiger partial charge >= 0.3 is 0 Å². The van der Waals surface area contributed by atoms with Crippen LogP contribution in [0, 0.1) is 5.92 Å². The normalized spacial score (nSPS) is 15.8. The van der Waals surface area contributed by atoms with Gasteiger partial charge in [0.2, 0.25) is 0 Å². The van der Waals surface area contributed by atoms with Crippen molar-refractivity contribution in [1.82, 2.24) is 10.2 Å². The monoisotopic (exact) mass is 254 g/mol. The Morgan fingerprint density at radius 3 is 2.39 bits per heavy atom. The van der Waals surface area contributed by atoms with E-state index in [4.69, 9.17) is 0 Å². The lowest BCUT2D eigenvalue weighted by atomic mass is 10.2. The van der Waals surface area contributed by atoms with Crippen LogP contribution in [0.25, 0.3) is 0 Å². The van der Waals surface area contributed by atoms with Gasteiger partial charge in [-0.3, -0.25) is 0 Å². The molecule has 0 radical (unpaired) electrons. The molecule has 0 saturated heterocycles. The van der Waals surface area contributed by atoms with Crippen molar-refractivity contribution in [3.05, 3.63) is 0 Å². The highest BCUT2D eigenvalue weighted by atomic mass is 15.2. The van der Waals surface area contributed by atoms with E-state index >= 15 is 0 Å². The molecular weight excluding hydrogens is 220 g/mol. The molecule has 0 amide bonds. The summed E-state index contributed by atoms with van der Waals surface area (Å²) in [6, 6.07) is 0.954. The summed E-state index contributed by atoms with van der Waals surface area (Å²) in [5.74, 6) is 0.782. The average molecular weight is 254 g/mol. The smallest absolute Gasteiger partial charge is 0.00964 e. The predicted octanol–water partition coefficient (Wildman–Crippen LogP) is 3.67. The van der Waals surface area contributed by atoms with E-state index in [0.717, 1.165) is 12.0 Å². The largest absolute Gasteiger partial charge is 0.316 e. The number of hydrogen-bond donors (Lipinski definition) is 1. The third kappa shape index (κ3) is 8.10. The second-order valence-corrected chi connectivity index (χ2v) is 6.28. The minimum Gasteiger partial charge on any atom is -0.316 e. The van der Waals surface area contributed by atoms with Crippen molar-refractivity contribution in [3.63, 3.8) is 0 Å². The molecule has 0 aromatic heterocycles. The zero-order valence-electron chi connectivity index (χ0n) is 12.9. The summed E-state index contributed by atoms with van der Waals surface area (Å²) in [7, 11) is 0. The standard InChI is InChI=1S/C16H34N2/c1-4-5-12-18(16-9-10-16)13-8-6-7-11-17-14-15(2)3/h15-17H,4-14H2,1-3H3. The van der Waals surface area contributed by atoms with E-state index in [2.05, 4.69) is 31.0 Å². The molecule has 1 aliphatic carbocycles. The molecule has 0 heterocycles. The summed E-state index contributed by atoms with van der Waals surface area (Å²) < 4.78 is 0. The number of unbranched alkanes of at least 4 members (excludes halogenated alkanes) is 3. The van der Waals surface area contributed by atoms with Gasteiger partial charge in [0.05, 0.1) is 0 Å². The van der Waals surface area contributed by atoms with Crippen molar-refractivity contribution in [2.75, 3.05) is 26.2 Å². The second-order valence-electron chi connectivity index (χ2n) is 6.28. The molecule has 1 aliphatic rings. The molecular formula is C16H34N2. The molecule has 1 saturated carbocycles. The number of hydrogen-bond acceptors (Lipinski definition) is 2. The van der Waals surface area contributed by atoms with E-state index in [1.807, 2.05) is 0 Å². The van der Waals surface area contributed by atoms with E-state index in [1.54, 1.807) is 0 Å². The first-order valence-electron chi connectivity index (χ1n) is 8.18. The van der Waals surface area contributed by atoms with Crippen molar-refractivity contribution in [2.24, 2.45) is 5.92 Å². The van der Waals surface area contributed by atoms with Gasteiger partial charge in [0.15, 0.2) is 0 Å². The van der Waals surface area contributed by atoms with Crippen LogP contribution in [-0.2, 0) is 0 Å². The first kappa shape index (κ1) is 16.0. The third-order valence-corrected chi connectivity index (χ3v) is 3.71. The van der Waals surface area contributed by atoms with Gasteiger partial charge in [0, 0.05) is 6.04 Å². The molecule has 1 rings (SSSR count). The number of rotatable bonds is 12. The Kier molecular flexibility index (Phi) is 8.70. The molecule has 0 spiro atoms. The van der Waals surface area contributed by atoms with Gasteiger partial charge in [-0.05, 0) is 64.2 Å². The third-order valence-electron chi connectivity index (χ3n) is 3.71. The Morgan fingerprint density at radius 2 is 1.78 bits per heavy atom. The maximum atomic E-state index is 3.53. The quantitative estimate of drug-likeness (QED) is 0.535. The Morgan fingerprint density at radius 1 is 1.06 bits per heavy atom. The molecule has 0 bridgehead atoms. The second kappa shape index (κ2) is 9.80. The number of nitrogens with zero attached hydrogens (tertiary/aromatic N) is 1. The molecule has 0 aromatic carbocycles. The molecule has 0 atom stereocenters. The van der Waals surface area contributed by atoms with Gasteiger partial charge in [0.1, 0.15) is 0 Å². The van der Waals surface area contributed by atoms with Crippen LogP contribution in [0.2, 0.25) is 0 Å². The van der Waals surface area contributed by atoms with Crippen LogP contribution < -0.4 is 5.32 Å². The molecule has 2 heteroatoms. The highest BCUT2D eigenvalue weighted by Crippen LogP contribution is 2.27. The van der Waals surface area contributed by atoms with Crippen molar-refractivity contribution >= 4 is 0 Å². The lowest BCUT2D eigenvalue weighted by Gasteiger charge is -2.21. The summed E-state index contributed by atoms with van der Waals surface area (Å²) in [6.07, 6.45) is 9.76. The van der Waals surface area contributed by atoms with Gasteiger partial charge < -0.3 is 10.2 Å². The Balaban J connectivity index is 1.91. The fourth-order valence-electron chi connectivity index (χ4n) is 2.41. The molecule has 1 N–H and O–H groups in total. The van der Waals surface area contributed by atoms with Crippen LogP contribution in [-0.4, -0.2) is 37.1 Å². The van der Waals surface area contributed by atoms with Gasteiger partial charge in [-0.2, -0.15) is 0 Å². The van der Waals surface area contributed by atoms with E-state index < -0.39 is 0 Å². The van der Waals surface area contributed by atoms with Crippen LogP contribution in [0.4, 0.5) is 0 Å². The molecule has 2 nitrogen and oxygen atoms in total.